The lowest BCUT2D eigenvalue weighted by atomic mass is 9.90. The third-order valence-electron chi connectivity index (χ3n) is 6.66. The number of pyridine rings is 1. The molecule has 4 N–H and O–H groups in total. The van der Waals surface area contributed by atoms with Crippen LogP contribution in [0.2, 0.25) is 0 Å². The van der Waals surface area contributed by atoms with Gasteiger partial charge in [0.05, 0.1) is 0 Å². The lowest BCUT2D eigenvalue weighted by Crippen LogP contribution is -2.42. The second kappa shape index (κ2) is 8.72. The molecule has 1 fully saturated rings. The molecule has 2 atom stereocenters. The average Bonchev–Trinajstić information content (AvgIpc) is 3.15. The number of hydrogen-bond acceptors (Lipinski definition) is 4. The fraction of sp³-hybridized carbons (Fsp3) is 0.370. The Morgan fingerprint density at radius 3 is 2.74 bits per heavy atom. The van der Waals surface area contributed by atoms with Gasteiger partial charge in [-0.25, -0.2) is 4.98 Å². The van der Waals surface area contributed by atoms with E-state index in [0.29, 0.717) is 6.04 Å². The van der Waals surface area contributed by atoms with Crippen LogP contribution in [0.15, 0.2) is 54.6 Å². The number of anilines is 3. The van der Waals surface area contributed by atoms with Crippen LogP contribution in [0.4, 0.5) is 17.2 Å². The summed E-state index contributed by atoms with van der Waals surface area (Å²) in [5, 5.41) is 7.32. The number of nitrogens with two attached hydrogens (primary N) is 1. The van der Waals surface area contributed by atoms with Gasteiger partial charge in [0, 0.05) is 34.7 Å². The Morgan fingerprint density at radius 2 is 1.87 bits per heavy atom. The van der Waals surface area contributed by atoms with Crippen molar-refractivity contribution in [3.8, 4) is 11.1 Å². The number of nitrogens with zero attached hydrogens (tertiary/aromatic N) is 1. The maximum Gasteiger partial charge on any atom is 0.130 e. The molecule has 0 bridgehead atoms. The van der Waals surface area contributed by atoms with Crippen molar-refractivity contribution in [3.63, 3.8) is 0 Å². The fourth-order valence-corrected chi connectivity index (χ4v) is 5.06. The van der Waals surface area contributed by atoms with Crippen molar-refractivity contribution in [3.05, 3.63) is 71.4 Å². The van der Waals surface area contributed by atoms with Gasteiger partial charge in [-0.1, -0.05) is 50.5 Å². The van der Waals surface area contributed by atoms with Crippen LogP contribution in [0.25, 0.3) is 11.1 Å². The zero-order chi connectivity index (χ0) is 21.2. The molecular formula is C27H32N4. The number of rotatable bonds is 6. The molecule has 0 unspecified atom stereocenters. The van der Waals surface area contributed by atoms with Gasteiger partial charge in [-0.3, -0.25) is 0 Å². The Labute approximate surface area is 185 Å². The predicted molar refractivity (Wildman–Crippen MR) is 130 cm³/mol. The molecule has 0 aliphatic heterocycles. The predicted octanol–water partition coefficient (Wildman–Crippen LogP) is 6.03. The zero-order valence-corrected chi connectivity index (χ0v) is 18.3. The van der Waals surface area contributed by atoms with E-state index in [-0.39, 0.29) is 6.04 Å². The molecule has 160 valence electrons. The lowest BCUT2D eigenvalue weighted by molar-refractivity contribution is 0.404. The molecule has 4 heteroatoms. The lowest BCUT2D eigenvalue weighted by Gasteiger charge is -2.30. The fourth-order valence-electron chi connectivity index (χ4n) is 5.06. The Bertz CT molecular complexity index is 1070. The maximum atomic E-state index is 6.38. The molecule has 1 aromatic heterocycles. The highest BCUT2D eigenvalue weighted by Crippen LogP contribution is 2.43. The molecule has 2 aromatic carbocycles. The van der Waals surface area contributed by atoms with Crippen molar-refractivity contribution >= 4 is 17.2 Å². The third-order valence-corrected chi connectivity index (χ3v) is 6.66. The monoisotopic (exact) mass is 412 g/mol. The second-order valence-corrected chi connectivity index (χ2v) is 8.98. The standard InChI is InChI=1S/C27H32N4/c1-2-7-20-9-6-13-26(30-20)31-25-12-5-8-19-16-18-14-15-21(17-22(18)27(19)25)29-24-11-4-3-10-23(24)28/h5-6,8-9,12-15,17,23-24,29H,2-4,7,10-11,16,28H2,1H3,(H,30,31)/t23-,24+/m0/s1. The highest BCUT2D eigenvalue weighted by molar-refractivity contribution is 5.89. The molecule has 0 saturated heterocycles. The summed E-state index contributed by atoms with van der Waals surface area (Å²) in [6.07, 6.45) is 7.86. The summed E-state index contributed by atoms with van der Waals surface area (Å²) in [4.78, 5) is 4.81. The van der Waals surface area contributed by atoms with Crippen LogP contribution in [-0.4, -0.2) is 17.1 Å². The molecule has 3 aromatic rings. The summed E-state index contributed by atoms with van der Waals surface area (Å²) in [6, 6.07) is 20.2. The summed E-state index contributed by atoms with van der Waals surface area (Å²) in [7, 11) is 0. The summed E-state index contributed by atoms with van der Waals surface area (Å²) in [6.45, 7) is 2.19. The maximum absolute atomic E-state index is 6.38. The number of fused-ring (bicyclic) bond motifs is 3. The second-order valence-electron chi connectivity index (χ2n) is 8.98. The van der Waals surface area contributed by atoms with Crippen molar-refractivity contribution in [2.75, 3.05) is 10.6 Å². The number of nitrogens with one attached hydrogen (secondary N) is 2. The van der Waals surface area contributed by atoms with Crippen molar-refractivity contribution in [2.24, 2.45) is 5.73 Å². The number of benzene rings is 2. The van der Waals surface area contributed by atoms with Crippen LogP contribution in [0, 0.1) is 0 Å². The molecule has 1 heterocycles. The SMILES string of the molecule is CCCc1cccc(Nc2cccc3c2-c2cc(N[C@@H]4CCCC[C@@H]4N)ccc2C3)n1. The Balaban J connectivity index is 1.44. The van der Waals surface area contributed by atoms with E-state index in [1.807, 2.05) is 0 Å². The van der Waals surface area contributed by atoms with Gasteiger partial charge in [-0.05, 0) is 72.7 Å². The van der Waals surface area contributed by atoms with Crippen LogP contribution in [0.3, 0.4) is 0 Å². The molecule has 0 spiro atoms. The number of aryl methyl sites for hydroxylation is 1. The van der Waals surface area contributed by atoms with E-state index in [2.05, 4.69) is 72.2 Å². The van der Waals surface area contributed by atoms with Crippen LogP contribution in [-0.2, 0) is 12.8 Å². The van der Waals surface area contributed by atoms with E-state index < -0.39 is 0 Å². The van der Waals surface area contributed by atoms with Crippen molar-refractivity contribution in [1.82, 2.24) is 4.98 Å². The van der Waals surface area contributed by atoms with Crippen LogP contribution < -0.4 is 16.4 Å². The van der Waals surface area contributed by atoms with E-state index in [0.717, 1.165) is 49.3 Å². The van der Waals surface area contributed by atoms with Gasteiger partial charge in [0.15, 0.2) is 0 Å². The molecule has 1 saturated carbocycles. The molecule has 2 aliphatic carbocycles. The summed E-state index contributed by atoms with van der Waals surface area (Å²) in [5.41, 5.74) is 15.2. The Hall–Kier alpha value is -2.85. The van der Waals surface area contributed by atoms with Crippen molar-refractivity contribution in [2.45, 2.75) is 64.0 Å². The molecule has 5 rings (SSSR count). The van der Waals surface area contributed by atoms with Crippen molar-refractivity contribution < 1.29 is 0 Å². The van der Waals surface area contributed by atoms with Gasteiger partial charge in [0.25, 0.3) is 0 Å². The van der Waals surface area contributed by atoms with Crippen LogP contribution >= 0.6 is 0 Å². The first-order chi connectivity index (χ1) is 15.2. The van der Waals surface area contributed by atoms with E-state index in [1.165, 1.54) is 40.8 Å². The summed E-state index contributed by atoms with van der Waals surface area (Å²) in [5.74, 6) is 0.912. The molecule has 31 heavy (non-hydrogen) atoms. The van der Waals surface area contributed by atoms with Gasteiger partial charge in [-0.2, -0.15) is 0 Å². The molecule has 0 radical (unpaired) electrons. The molecular weight excluding hydrogens is 380 g/mol. The average molecular weight is 413 g/mol. The Kier molecular flexibility index (Phi) is 5.65. The van der Waals surface area contributed by atoms with Crippen LogP contribution in [0.1, 0.15) is 55.8 Å². The molecule has 2 aliphatic rings. The van der Waals surface area contributed by atoms with Crippen LogP contribution in [0.5, 0.6) is 0 Å². The Morgan fingerprint density at radius 1 is 1.00 bits per heavy atom. The highest BCUT2D eigenvalue weighted by Gasteiger charge is 2.24. The van der Waals surface area contributed by atoms with Gasteiger partial charge >= 0.3 is 0 Å². The number of hydrogen-bond donors (Lipinski definition) is 3. The van der Waals surface area contributed by atoms with E-state index in [9.17, 15) is 0 Å². The molecule has 4 nitrogen and oxygen atoms in total. The molecule has 0 amide bonds. The van der Waals surface area contributed by atoms with E-state index in [1.54, 1.807) is 0 Å². The minimum absolute atomic E-state index is 0.244. The first-order valence-electron chi connectivity index (χ1n) is 11.7. The third kappa shape index (κ3) is 4.17. The van der Waals surface area contributed by atoms with E-state index >= 15 is 0 Å². The van der Waals surface area contributed by atoms with Gasteiger partial charge in [0.2, 0.25) is 0 Å². The number of aromatic nitrogens is 1. The minimum atomic E-state index is 0.244. The minimum Gasteiger partial charge on any atom is -0.381 e. The van der Waals surface area contributed by atoms with Crippen molar-refractivity contribution in [1.29, 1.82) is 0 Å². The quantitative estimate of drug-likeness (QED) is 0.362. The normalized spacial score (nSPS) is 19.5. The highest BCUT2D eigenvalue weighted by atomic mass is 15.0. The topological polar surface area (TPSA) is 63.0 Å². The first kappa shape index (κ1) is 20.1. The summed E-state index contributed by atoms with van der Waals surface area (Å²) >= 11 is 0. The van der Waals surface area contributed by atoms with Gasteiger partial charge < -0.3 is 16.4 Å². The largest absolute Gasteiger partial charge is 0.381 e. The van der Waals surface area contributed by atoms with Gasteiger partial charge in [-0.15, -0.1) is 0 Å². The first-order valence-corrected chi connectivity index (χ1v) is 11.7. The van der Waals surface area contributed by atoms with Gasteiger partial charge in [0.1, 0.15) is 5.82 Å². The van der Waals surface area contributed by atoms with E-state index in [4.69, 9.17) is 10.7 Å². The summed E-state index contributed by atoms with van der Waals surface area (Å²) < 4.78 is 0. The zero-order valence-electron chi connectivity index (χ0n) is 18.3. The smallest absolute Gasteiger partial charge is 0.130 e.